The molecule has 1 aromatic heterocycles. The summed E-state index contributed by atoms with van der Waals surface area (Å²) in [6.07, 6.45) is 5.07. The first-order chi connectivity index (χ1) is 8.77. The zero-order chi connectivity index (χ0) is 12.5. The monoisotopic (exact) mass is 241 g/mol. The number of rotatable bonds is 2. The van der Waals surface area contributed by atoms with Crippen LogP contribution in [-0.2, 0) is 0 Å². The van der Waals surface area contributed by atoms with Crippen molar-refractivity contribution in [3.8, 4) is 0 Å². The number of fused-ring (bicyclic) bond motifs is 1. The summed E-state index contributed by atoms with van der Waals surface area (Å²) < 4.78 is 0. The van der Waals surface area contributed by atoms with E-state index in [1.54, 1.807) is 6.20 Å². The zero-order valence-corrected chi connectivity index (χ0v) is 10.7. The normalized spacial score (nSPS) is 25.4. The van der Waals surface area contributed by atoms with Crippen molar-refractivity contribution in [2.45, 2.75) is 32.3 Å². The van der Waals surface area contributed by atoms with Crippen molar-refractivity contribution in [1.29, 1.82) is 0 Å². The van der Waals surface area contributed by atoms with Gasteiger partial charge in [0, 0.05) is 11.6 Å². The highest BCUT2D eigenvalue weighted by Gasteiger charge is 2.31. The van der Waals surface area contributed by atoms with Gasteiger partial charge in [0.2, 0.25) is 0 Å². The molecule has 1 N–H and O–H groups in total. The predicted octanol–water partition coefficient (Wildman–Crippen LogP) is 3.70. The maximum atomic E-state index is 10.7. The van der Waals surface area contributed by atoms with Crippen molar-refractivity contribution in [3.05, 3.63) is 42.1 Å². The van der Waals surface area contributed by atoms with E-state index in [1.807, 2.05) is 24.3 Å². The van der Waals surface area contributed by atoms with Crippen molar-refractivity contribution >= 4 is 10.9 Å². The third-order valence-electron chi connectivity index (χ3n) is 4.33. The summed E-state index contributed by atoms with van der Waals surface area (Å²) in [5, 5.41) is 11.8. The van der Waals surface area contributed by atoms with Gasteiger partial charge in [0.25, 0.3) is 0 Å². The molecule has 3 atom stereocenters. The molecule has 0 spiro atoms. The quantitative estimate of drug-likeness (QED) is 0.869. The van der Waals surface area contributed by atoms with Crippen molar-refractivity contribution in [1.82, 2.24) is 4.98 Å². The van der Waals surface area contributed by atoms with E-state index >= 15 is 0 Å². The SMILES string of the molecule is CC1CCCC1C(O)c1cccc2ncccc12. The molecular formula is C16H19NO. The number of hydrogen-bond donors (Lipinski definition) is 1. The van der Waals surface area contributed by atoms with Crippen LogP contribution in [-0.4, -0.2) is 10.1 Å². The molecule has 1 heterocycles. The Morgan fingerprint density at radius 1 is 1.22 bits per heavy atom. The summed E-state index contributed by atoms with van der Waals surface area (Å²) in [5.41, 5.74) is 2.01. The van der Waals surface area contributed by atoms with Crippen LogP contribution >= 0.6 is 0 Å². The molecule has 18 heavy (non-hydrogen) atoms. The first kappa shape index (κ1) is 11.7. The molecule has 1 fully saturated rings. The summed E-state index contributed by atoms with van der Waals surface area (Å²) in [6, 6.07) is 10.0. The predicted molar refractivity (Wildman–Crippen MR) is 73.2 cm³/mol. The molecule has 2 aromatic rings. The van der Waals surface area contributed by atoms with Crippen LogP contribution in [0, 0.1) is 11.8 Å². The van der Waals surface area contributed by atoms with E-state index < -0.39 is 0 Å². The van der Waals surface area contributed by atoms with E-state index in [4.69, 9.17) is 0 Å². The fourth-order valence-corrected chi connectivity index (χ4v) is 3.26. The van der Waals surface area contributed by atoms with Crippen LogP contribution < -0.4 is 0 Å². The average Bonchev–Trinajstić information content (AvgIpc) is 2.83. The highest BCUT2D eigenvalue weighted by Crippen LogP contribution is 2.41. The minimum Gasteiger partial charge on any atom is -0.388 e. The summed E-state index contributed by atoms with van der Waals surface area (Å²) in [4.78, 5) is 4.36. The lowest BCUT2D eigenvalue weighted by Gasteiger charge is -2.23. The third kappa shape index (κ3) is 1.91. The van der Waals surface area contributed by atoms with Gasteiger partial charge in [-0.25, -0.2) is 0 Å². The Morgan fingerprint density at radius 3 is 2.89 bits per heavy atom. The van der Waals surface area contributed by atoms with E-state index in [2.05, 4.69) is 18.0 Å². The minimum absolute atomic E-state index is 0.351. The first-order valence-corrected chi connectivity index (χ1v) is 6.79. The maximum Gasteiger partial charge on any atom is 0.0827 e. The van der Waals surface area contributed by atoms with Crippen molar-refractivity contribution in [3.63, 3.8) is 0 Å². The van der Waals surface area contributed by atoms with Gasteiger partial charge in [-0.05, 0) is 36.0 Å². The van der Waals surface area contributed by atoms with Crippen molar-refractivity contribution in [2.75, 3.05) is 0 Å². The largest absolute Gasteiger partial charge is 0.388 e. The summed E-state index contributed by atoms with van der Waals surface area (Å²) >= 11 is 0. The second-order valence-electron chi connectivity index (χ2n) is 5.43. The van der Waals surface area contributed by atoms with Crippen LogP contribution in [0.15, 0.2) is 36.5 Å². The maximum absolute atomic E-state index is 10.7. The van der Waals surface area contributed by atoms with E-state index in [-0.39, 0.29) is 6.10 Å². The minimum atomic E-state index is -0.351. The van der Waals surface area contributed by atoms with Crippen LogP contribution in [0.4, 0.5) is 0 Å². The Labute approximate surface area is 108 Å². The fourth-order valence-electron chi connectivity index (χ4n) is 3.26. The van der Waals surface area contributed by atoms with Gasteiger partial charge in [0.15, 0.2) is 0 Å². The summed E-state index contributed by atoms with van der Waals surface area (Å²) in [5.74, 6) is 1.02. The van der Waals surface area contributed by atoms with Gasteiger partial charge >= 0.3 is 0 Å². The van der Waals surface area contributed by atoms with Crippen molar-refractivity contribution < 1.29 is 5.11 Å². The Balaban J connectivity index is 2.03. The van der Waals surface area contributed by atoms with Gasteiger partial charge in [-0.15, -0.1) is 0 Å². The molecule has 0 saturated heterocycles. The Bertz CT molecular complexity index is 546. The lowest BCUT2D eigenvalue weighted by molar-refractivity contribution is 0.0913. The molecule has 1 aromatic carbocycles. The van der Waals surface area contributed by atoms with Crippen LogP contribution in [0.25, 0.3) is 10.9 Å². The molecule has 0 amide bonds. The highest BCUT2D eigenvalue weighted by molar-refractivity contribution is 5.82. The summed E-state index contributed by atoms with van der Waals surface area (Å²) in [7, 11) is 0. The molecule has 0 radical (unpaired) electrons. The first-order valence-electron chi connectivity index (χ1n) is 6.79. The Morgan fingerprint density at radius 2 is 2.11 bits per heavy atom. The molecule has 3 rings (SSSR count). The Hall–Kier alpha value is -1.41. The second-order valence-corrected chi connectivity index (χ2v) is 5.43. The van der Waals surface area contributed by atoms with Gasteiger partial charge in [0.05, 0.1) is 11.6 Å². The number of nitrogens with zero attached hydrogens (tertiary/aromatic N) is 1. The van der Waals surface area contributed by atoms with Crippen molar-refractivity contribution in [2.24, 2.45) is 11.8 Å². The molecular weight excluding hydrogens is 222 g/mol. The number of hydrogen-bond acceptors (Lipinski definition) is 2. The lowest BCUT2D eigenvalue weighted by atomic mass is 9.87. The van der Waals surface area contributed by atoms with Gasteiger partial charge in [-0.3, -0.25) is 4.98 Å². The molecule has 94 valence electrons. The Kier molecular flexibility index (Phi) is 3.04. The molecule has 2 heteroatoms. The van der Waals surface area contributed by atoms with Crippen LogP contribution in [0.2, 0.25) is 0 Å². The molecule has 3 unspecified atom stereocenters. The second kappa shape index (κ2) is 4.69. The third-order valence-corrected chi connectivity index (χ3v) is 4.33. The zero-order valence-electron chi connectivity index (χ0n) is 10.7. The van der Waals surface area contributed by atoms with Crippen LogP contribution in [0.1, 0.15) is 37.9 Å². The topological polar surface area (TPSA) is 33.1 Å². The number of benzene rings is 1. The molecule has 0 aliphatic heterocycles. The smallest absolute Gasteiger partial charge is 0.0827 e. The molecule has 0 bridgehead atoms. The fraction of sp³-hybridized carbons (Fsp3) is 0.438. The number of aliphatic hydroxyl groups is 1. The number of aromatic nitrogens is 1. The van der Waals surface area contributed by atoms with Gasteiger partial charge in [-0.2, -0.15) is 0 Å². The molecule has 1 aliphatic carbocycles. The summed E-state index contributed by atoms with van der Waals surface area (Å²) in [6.45, 7) is 2.25. The standard InChI is InChI=1S/C16H19NO/c1-11-5-2-6-12(11)16(18)14-7-3-9-15-13(14)8-4-10-17-15/h3-4,7-12,16,18H,2,5-6H2,1H3. The van der Waals surface area contributed by atoms with Crippen LogP contribution in [0.5, 0.6) is 0 Å². The van der Waals surface area contributed by atoms with Gasteiger partial charge < -0.3 is 5.11 Å². The van der Waals surface area contributed by atoms with E-state index in [0.717, 1.165) is 22.9 Å². The van der Waals surface area contributed by atoms with E-state index in [0.29, 0.717) is 11.8 Å². The van der Waals surface area contributed by atoms with E-state index in [1.165, 1.54) is 12.8 Å². The molecule has 2 nitrogen and oxygen atoms in total. The van der Waals surface area contributed by atoms with Crippen LogP contribution in [0.3, 0.4) is 0 Å². The van der Waals surface area contributed by atoms with Gasteiger partial charge in [0.1, 0.15) is 0 Å². The molecule has 1 saturated carbocycles. The van der Waals surface area contributed by atoms with E-state index in [9.17, 15) is 5.11 Å². The average molecular weight is 241 g/mol. The number of aliphatic hydroxyl groups excluding tert-OH is 1. The number of pyridine rings is 1. The lowest BCUT2D eigenvalue weighted by Crippen LogP contribution is -2.15. The van der Waals surface area contributed by atoms with Gasteiger partial charge in [-0.1, -0.05) is 38.0 Å². The highest BCUT2D eigenvalue weighted by atomic mass is 16.3. The molecule has 1 aliphatic rings.